The molecule has 2 saturated heterocycles. The van der Waals surface area contributed by atoms with Gasteiger partial charge in [-0.2, -0.15) is 0 Å². The Kier molecular flexibility index (Phi) is 5.86. The predicted molar refractivity (Wildman–Crippen MR) is 120 cm³/mol. The number of anilines is 1. The number of hydrogen-bond donors (Lipinski definition) is 1. The molecule has 2 aliphatic rings. The van der Waals surface area contributed by atoms with E-state index in [1.54, 1.807) is 28.8 Å². The second-order valence-corrected chi connectivity index (χ2v) is 9.30. The minimum absolute atomic E-state index is 0.0886. The number of nitro benzene ring substituents is 1. The van der Waals surface area contributed by atoms with Crippen molar-refractivity contribution in [3.63, 3.8) is 0 Å². The normalized spacial score (nSPS) is 17.6. The molecule has 162 valence electrons. The van der Waals surface area contributed by atoms with E-state index in [9.17, 15) is 19.7 Å². The summed E-state index contributed by atoms with van der Waals surface area (Å²) in [5.74, 6) is 0.627. The van der Waals surface area contributed by atoms with Gasteiger partial charge in [-0.05, 0) is 38.0 Å². The second kappa shape index (κ2) is 8.58. The molecule has 4 rings (SSSR count). The van der Waals surface area contributed by atoms with Gasteiger partial charge in [0.1, 0.15) is 0 Å². The molecular weight excluding hydrogens is 416 g/mol. The van der Waals surface area contributed by atoms with Crippen molar-refractivity contribution in [2.24, 2.45) is 0 Å². The third-order valence-electron chi connectivity index (χ3n) is 5.86. The van der Waals surface area contributed by atoms with Gasteiger partial charge in [-0.1, -0.05) is 23.8 Å². The highest BCUT2D eigenvalue weighted by molar-refractivity contribution is 8.00. The zero-order valence-electron chi connectivity index (χ0n) is 17.2. The van der Waals surface area contributed by atoms with Crippen LogP contribution in [0.25, 0.3) is 0 Å². The van der Waals surface area contributed by atoms with Crippen LogP contribution in [0, 0.1) is 17.0 Å². The van der Waals surface area contributed by atoms with Gasteiger partial charge >= 0.3 is 6.03 Å². The van der Waals surface area contributed by atoms with Gasteiger partial charge in [-0.15, -0.1) is 11.8 Å². The van der Waals surface area contributed by atoms with Crippen LogP contribution in [-0.4, -0.2) is 56.9 Å². The van der Waals surface area contributed by atoms with E-state index in [4.69, 9.17) is 0 Å². The molecule has 2 aromatic rings. The molecule has 2 aromatic carbocycles. The van der Waals surface area contributed by atoms with Gasteiger partial charge in [0.15, 0.2) is 0 Å². The van der Waals surface area contributed by atoms with Crippen molar-refractivity contribution < 1.29 is 14.5 Å². The fraction of sp³-hybridized carbons (Fsp3) is 0.364. The lowest BCUT2D eigenvalue weighted by Gasteiger charge is -2.44. The summed E-state index contributed by atoms with van der Waals surface area (Å²) in [5, 5.41) is 14.0. The molecule has 0 bridgehead atoms. The number of carbonyl (C=O) groups excluding carboxylic acids is 2. The van der Waals surface area contributed by atoms with Crippen LogP contribution in [0.1, 0.15) is 28.8 Å². The number of urea groups is 1. The lowest BCUT2D eigenvalue weighted by Crippen LogP contribution is -2.54. The molecule has 2 fully saturated rings. The van der Waals surface area contributed by atoms with Crippen LogP contribution in [-0.2, 0) is 0 Å². The minimum atomic E-state index is -0.490. The van der Waals surface area contributed by atoms with Crippen LogP contribution in [0.2, 0.25) is 0 Å². The number of nitrogens with zero attached hydrogens (tertiary/aromatic N) is 3. The Balaban J connectivity index is 1.42. The Morgan fingerprint density at radius 3 is 2.48 bits per heavy atom. The van der Waals surface area contributed by atoms with Gasteiger partial charge in [0.05, 0.1) is 9.79 Å². The topological polar surface area (TPSA) is 95.8 Å². The summed E-state index contributed by atoms with van der Waals surface area (Å²) in [7, 11) is 0. The number of rotatable bonds is 3. The van der Waals surface area contributed by atoms with E-state index in [-0.39, 0.29) is 22.5 Å². The van der Waals surface area contributed by atoms with Gasteiger partial charge in [0.2, 0.25) is 0 Å². The highest BCUT2D eigenvalue weighted by Gasteiger charge is 2.47. The first-order valence-electron chi connectivity index (χ1n) is 10.2. The number of non-ortho nitro benzene ring substituents is 1. The number of thioether (sulfide) groups is 1. The molecule has 0 unspecified atom stereocenters. The maximum Gasteiger partial charge on any atom is 0.321 e. The van der Waals surface area contributed by atoms with Crippen LogP contribution >= 0.6 is 11.8 Å². The van der Waals surface area contributed by atoms with Gasteiger partial charge < -0.3 is 15.1 Å². The smallest absolute Gasteiger partial charge is 0.321 e. The number of hydrogen-bond acceptors (Lipinski definition) is 5. The van der Waals surface area contributed by atoms with Gasteiger partial charge in [0, 0.05) is 48.8 Å². The SMILES string of the molecule is Cc1ccc(NC(=O)N2CCC3(CC2)SCCN3C(=O)c2cccc([N+](=O)[O-])c2)cc1. The zero-order chi connectivity index (χ0) is 22.0. The monoisotopic (exact) mass is 440 g/mol. The zero-order valence-corrected chi connectivity index (χ0v) is 18.1. The fourth-order valence-electron chi connectivity index (χ4n) is 4.12. The third-order valence-corrected chi connectivity index (χ3v) is 7.41. The van der Waals surface area contributed by atoms with Crippen molar-refractivity contribution >= 4 is 35.1 Å². The Bertz CT molecular complexity index is 1000. The van der Waals surface area contributed by atoms with Gasteiger partial charge in [-0.3, -0.25) is 14.9 Å². The number of aryl methyl sites for hydroxylation is 1. The first kappa shape index (κ1) is 21.2. The van der Waals surface area contributed by atoms with E-state index in [0.717, 1.165) is 17.0 Å². The van der Waals surface area contributed by atoms with Crippen LogP contribution in [0.15, 0.2) is 48.5 Å². The molecular formula is C22H24N4O4S. The number of benzene rings is 2. The molecule has 2 heterocycles. The number of nitrogens with one attached hydrogen (secondary N) is 1. The molecule has 2 aliphatic heterocycles. The molecule has 3 amide bonds. The summed E-state index contributed by atoms with van der Waals surface area (Å²) in [5.41, 5.74) is 2.13. The molecule has 9 heteroatoms. The Morgan fingerprint density at radius 1 is 1.10 bits per heavy atom. The third kappa shape index (κ3) is 4.36. The maximum absolute atomic E-state index is 13.2. The van der Waals surface area contributed by atoms with E-state index in [1.807, 2.05) is 36.1 Å². The molecule has 1 N–H and O–H groups in total. The number of nitro groups is 1. The quantitative estimate of drug-likeness (QED) is 0.572. The Morgan fingerprint density at radius 2 is 1.81 bits per heavy atom. The van der Waals surface area contributed by atoms with E-state index in [1.165, 1.54) is 12.1 Å². The summed E-state index contributed by atoms with van der Waals surface area (Å²) in [4.78, 5) is 39.7. The molecule has 1 spiro atoms. The first-order chi connectivity index (χ1) is 14.9. The van der Waals surface area contributed by atoms with Crippen LogP contribution in [0.4, 0.5) is 16.2 Å². The molecule has 31 heavy (non-hydrogen) atoms. The van der Waals surface area contributed by atoms with E-state index >= 15 is 0 Å². The predicted octanol–water partition coefficient (Wildman–Crippen LogP) is 4.12. The largest absolute Gasteiger partial charge is 0.324 e. The number of piperidine rings is 1. The standard InChI is InChI=1S/C22H24N4O4S/c1-16-5-7-18(8-6-16)23-21(28)24-11-9-22(10-12-24)25(13-14-31-22)20(27)17-3-2-4-19(15-17)26(29)30/h2-8,15H,9-14H2,1H3,(H,23,28). The van der Waals surface area contributed by atoms with Crippen LogP contribution in [0.5, 0.6) is 0 Å². The first-order valence-corrected chi connectivity index (χ1v) is 11.2. The number of carbonyl (C=O) groups is 2. The molecule has 0 saturated carbocycles. The summed E-state index contributed by atoms with van der Waals surface area (Å²) < 4.78 is 0. The Labute approximate surface area is 184 Å². The summed E-state index contributed by atoms with van der Waals surface area (Å²) in [6, 6.07) is 13.4. The van der Waals surface area contributed by atoms with E-state index < -0.39 is 4.92 Å². The number of likely N-dealkylation sites (tertiary alicyclic amines) is 1. The van der Waals surface area contributed by atoms with E-state index in [0.29, 0.717) is 38.0 Å². The summed E-state index contributed by atoms with van der Waals surface area (Å²) in [6.45, 7) is 3.68. The molecule has 0 radical (unpaired) electrons. The summed E-state index contributed by atoms with van der Waals surface area (Å²) >= 11 is 1.74. The Hall–Kier alpha value is -3.07. The average Bonchev–Trinajstić information content (AvgIpc) is 3.18. The van der Waals surface area contributed by atoms with Crippen LogP contribution in [0.3, 0.4) is 0 Å². The highest BCUT2D eigenvalue weighted by atomic mass is 32.2. The van der Waals surface area contributed by atoms with Crippen LogP contribution < -0.4 is 5.32 Å². The molecule has 8 nitrogen and oxygen atoms in total. The fourth-order valence-corrected chi connectivity index (χ4v) is 5.57. The lowest BCUT2D eigenvalue weighted by atomic mass is 10.0. The van der Waals surface area contributed by atoms with Crippen molar-refractivity contribution in [1.29, 1.82) is 0 Å². The van der Waals surface area contributed by atoms with Gasteiger partial charge in [-0.25, -0.2) is 4.79 Å². The van der Waals surface area contributed by atoms with E-state index in [2.05, 4.69) is 5.32 Å². The minimum Gasteiger partial charge on any atom is -0.324 e. The van der Waals surface area contributed by atoms with Crippen molar-refractivity contribution in [3.8, 4) is 0 Å². The van der Waals surface area contributed by atoms with Crippen molar-refractivity contribution in [3.05, 3.63) is 69.8 Å². The molecule has 0 aliphatic carbocycles. The second-order valence-electron chi connectivity index (χ2n) is 7.84. The van der Waals surface area contributed by atoms with Crippen molar-refractivity contribution in [1.82, 2.24) is 9.80 Å². The average molecular weight is 441 g/mol. The number of amides is 3. The maximum atomic E-state index is 13.2. The van der Waals surface area contributed by atoms with Gasteiger partial charge in [0.25, 0.3) is 11.6 Å². The summed E-state index contributed by atoms with van der Waals surface area (Å²) in [6.07, 6.45) is 1.33. The van der Waals surface area contributed by atoms with Crippen molar-refractivity contribution in [2.45, 2.75) is 24.6 Å². The molecule has 0 aromatic heterocycles. The lowest BCUT2D eigenvalue weighted by molar-refractivity contribution is -0.384. The van der Waals surface area contributed by atoms with Crippen molar-refractivity contribution in [2.75, 3.05) is 30.7 Å². The highest BCUT2D eigenvalue weighted by Crippen LogP contribution is 2.44. The molecule has 0 atom stereocenters.